The molecule has 0 saturated heterocycles. The first kappa shape index (κ1) is 14.4. The lowest BCUT2D eigenvalue weighted by Crippen LogP contribution is -2.20. The van der Waals surface area contributed by atoms with E-state index in [4.69, 9.17) is 4.74 Å². The van der Waals surface area contributed by atoms with Crippen molar-refractivity contribution in [1.82, 2.24) is 4.90 Å². The van der Waals surface area contributed by atoms with Crippen LogP contribution in [0.4, 0.5) is 0 Å². The first-order chi connectivity index (χ1) is 6.97. The number of nitrogens with zero attached hydrogens (tertiary/aromatic N) is 1. The maximum Gasteiger partial charge on any atom is 0.333 e. The van der Waals surface area contributed by atoms with E-state index in [1.807, 2.05) is 19.0 Å². The van der Waals surface area contributed by atoms with Crippen LogP contribution < -0.4 is 0 Å². The van der Waals surface area contributed by atoms with Crippen LogP contribution in [-0.4, -0.2) is 42.9 Å². The van der Waals surface area contributed by atoms with Crippen LogP contribution in [-0.2, 0) is 9.53 Å². The van der Waals surface area contributed by atoms with Gasteiger partial charge in [0.05, 0.1) is 4.83 Å². The van der Waals surface area contributed by atoms with E-state index in [9.17, 15) is 4.79 Å². The highest BCUT2D eigenvalue weighted by Gasteiger charge is 2.06. The number of rotatable bonds is 6. The molecule has 4 heteroatoms. The van der Waals surface area contributed by atoms with Crippen molar-refractivity contribution in [2.24, 2.45) is 0 Å². The van der Waals surface area contributed by atoms with Crippen LogP contribution in [0.25, 0.3) is 0 Å². The fraction of sp³-hybridized carbons (Fsp3) is 0.545. The zero-order chi connectivity index (χ0) is 11.8. The van der Waals surface area contributed by atoms with E-state index in [-0.39, 0.29) is 10.8 Å². The fourth-order valence-corrected chi connectivity index (χ4v) is 1.21. The number of hydrogen-bond acceptors (Lipinski definition) is 3. The zero-order valence-electron chi connectivity index (χ0n) is 9.50. The summed E-state index contributed by atoms with van der Waals surface area (Å²) in [6.45, 7) is 6.49. The second-order valence-electron chi connectivity index (χ2n) is 3.47. The Labute approximate surface area is 99.9 Å². The van der Waals surface area contributed by atoms with Gasteiger partial charge in [0.2, 0.25) is 0 Å². The Morgan fingerprint density at radius 2 is 2.20 bits per heavy atom. The second-order valence-corrected chi connectivity index (χ2v) is 4.53. The van der Waals surface area contributed by atoms with Gasteiger partial charge in [0.1, 0.15) is 6.61 Å². The third-order valence-corrected chi connectivity index (χ3v) is 2.37. The molecule has 0 aliphatic heterocycles. The summed E-state index contributed by atoms with van der Waals surface area (Å²) in [6, 6.07) is 0. The van der Waals surface area contributed by atoms with Crippen LogP contribution in [0.2, 0.25) is 0 Å². The SMILES string of the molecule is C=CC(Br)C=C(C)C(=O)OCCN(C)C. The van der Waals surface area contributed by atoms with Crippen molar-refractivity contribution in [3.8, 4) is 0 Å². The maximum absolute atomic E-state index is 11.4. The highest BCUT2D eigenvalue weighted by Crippen LogP contribution is 2.07. The van der Waals surface area contributed by atoms with Gasteiger partial charge >= 0.3 is 5.97 Å². The number of carbonyl (C=O) groups is 1. The first-order valence-electron chi connectivity index (χ1n) is 4.74. The number of alkyl halides is 1. The van der Waals surface area contributed by atoms with Gasteiger partial charge in [-0.1, -0.05) is 28.1 Å². The van der Waals surface area contributed by atoms with Crippen LogP contribution in [0.5, 0.6) is 0 Å². The molecule has 0 heterocycles. The molecule has 86 valence electrons. The number of esters is 1. The molecule has 0 fully saturated rings. The van der Waals surface area contributed by atoms with Gasteiger partial charge in [-0.15, -0.1) is 6.58 Å². The Morgan fingerprint density at radius 3 is 2.67 bits per heavy atom. The average Bonchev–Trinajstić information content (AvgIpc) is 2.16. The summed E-state index contributed by atoms with van der Waals surface area (Å²) in [6.07, 6.45) is 3.47. The third-order valence-electron chi connectivity index (χ3n) is 1.73. The van der Waals surface area contributed by atoms with Crippen molar-refractivity contribution in [2.45, 2.75) is 11.8 Å². The molecule has 15 heavy (non-hydrogen) atoms. The summed E-state index contributed by atoms with van der Waals surface area (Å²) in [5.74, 6) is -0.275. The summed E-state index contributed by atoms with van der Waals surface area (Å²) < 4.78 is 5.06. The summed E-state index contributed by atoms with van der Waals surface area (Å²) in [5, 5.41) is 0. The van der Waals surface area contributed by atoms with Gasteiger partial charge in [-0.05, 0) is 21.0 Å². The number of halogens is 1. The summed E-state index contributed by atoms with van der Waals surface area (Å²) in [5.41, 5.74) is 0.593. The van der Waals surface area contributed by atoms with E-state index in [0.29, 0.717) is 12.2 Å². The summed E-state index contributed by atoms with van der Waals surface area (Å²) in [4.78, 5) is 13.4. The molecule has 0 spiro atoms. The normalized spacial score (nSPS) is 13.8. The van der Waals surface area contributed by atoms with Gasteiger partial charge in [0.25, 0.3) is 0 Å². The minimum atomic E-state index is -0.275. The van der Waals surface area contributed by atoms with Crippen LogP contribution in [0.1, 0.15) is 6.92 Å². The highest BCUT2D eigenvalue weighted by molar-refractivity contribution is 9.09. The van der Waals surface area contributed by atoms with E-state index >= 15 is 0 Å². The van der Waals surface area contributed by atoms with Gasteiger partial charge in [-0.25, -0.2) is 4.79 Å². The van der Waals surface area contributed by atoms with E-state index in [0.717, 1.165) is 6.54 Å². The Kier molecular flexibility index (Phi) is 7.34. The molecule has 0 N–H and O–H groups in total. The van der Waals surface area contributed by atoms with Crippen molar-refractivity contribution in [2.75, 3.05) is 27.2 Å². The number of carbonyl (C=O) groups excluding carboxylic acids is 1. The molecule has 1 unspecified atom stereocenters. The standard InChI is InChI=1S/C11H18BrNO2/c1-5-10(12)8-9(2)11(14)15-7-6-13(3)4/h5,8,10H,1,6-7H2,2-4H3. The molecule has 0 aromatic heterocycles. The smallest absolute Gasteiger partial charge is 0.333 e. The molecule has 1 atom stereocenters. The van der Waals surface area contributed by atoms with Crippen LogP contribution in [0, 0.1) is 0 Å². The quantitative estimate of drug-likeness (QED) is 0.321. The molecule has 0 aliphatic carbocycles. The summed E-state index contributed by atoms with van der Waals surface area (Å²) >= 11 is 3.33. The second kappa shape index (κ2) is 7.65. The molecule has 0 aliphatic rings. The predicted octanol–water partition coefficient (Wildman–Crippen LogP) is 1.99. The van der Waals surface area contributed by atoms with Crippen molar-refractivity contribution in [1.29, 1.82) is 0 Å². The lowest BCUT2D eigenvalue weighted by atomic mass is 10.2. The van der Waals surface area contributed by atoms with Gasteiger partial charge in [-0.3, -0.25) is 0 Å². The Hall–Kier alpha value is -0.610. The molecule has 0 amide bonds. The predicted molar refractivity (Wildman–Crippen MR) is 66.2 cm³/mol. The molecule has 0 saturated carbocycles. The molecule has 0 aromatic carbocycles. The van der Waals surface area contributed by atoms with Crippen molar-refractivity contribution in [3.05, 3.63) is 24.3 Å². The Bertz CT molecular complexity index is 249. The van der Waals surface area contributed by atoms with Crippen molar-refractivity contribution < 1.29 is 9.53 Å². The largest absolute Gasteiger partial charge is 0.461 e. The Morgan fingerprint density at radius 1 is 1.60 bits per heavy atom. The lowest BCUT2D eigenvalue weighted by Gasteiger charge is -2.10. The van der Waals surface area contributed by atoms with Crippen LogP contribution in [0.3, 0.4) is 0 Å². The minimum Gasteiger partial charge on any atom is -0.461 e. The molecule has 0 bridgehead atoms. The summed E-state index contributed by atoms with van der Waals surface area (Å²) in [7, 11) is 3.87. The highest BCUT2D eigenvalue weighted by atomic mass is 79.9. The van der Waals surface area contributed by atoms with Gasteiger partial charge in [0.15, 0.2) is 0 Å². The maximum atomic E-state index is 11.4. The van der Waals surface area contributed by atoms with Crippen molar-refractivity contribution >= 4 is 21.9 Å². The van der Waals surface area contributed by atoms with E-state index < -0.39 is 0 Å². The Balaban J connectivity index is 3.99. The van der Waals surface area contributed by atoms with Crippen molar-refractivity contribution in [3.63, 3.8) is 0 Å². The minimum absolute atomic E-state index is 0.0129. The number of likely N-dealkylation sites (N-methyl/N-ethyl adjacent to an activating group) is 1. The van der Waals surface area contributed by atoms with Gasteiger partial charge < -0.3 is 9.64 Å². The van der Waals surface area contributed by atoms with Gasteiger partial charge in [-0.2, -0.15) is 0 Å². The van der Waals surface area contributed by atoms with Crippen LogP contribution >= 0.6 is 15.9 Å². The molecule has 3 nitrogen and oxygen atoms in total. The third kappa shape index (κ3) is 7.33. The molecular weight excluding hydrogens is 258 g/mol. The molecule has 0 radical (unpaired) electrons. The topological polar surface area (TPSA) is 29.5 Å². The van der Waals surface area contributed by atoms with Gasteiger partial charge in [0, 0.05) is 12.1 Å². The van der Waals surface area contributed by atoms with Crippen LogP contribution in [0.15, 0.2) is 24.3 Å². The molecule has 0 aromatic rings. The van der Waals surface area contributed by atoms with E-state index in [1.54, 1.807) is 19.1 Å². The molecule has 0 rings (SSSR count). The van der Waals surface area contributed by atoms with E-state index in [1.165, 1.54) is 0 Å². The number of hydrogen-bond donors (Lipinski definition) is 0. The number of allylic oxidation sites excluding steroid dienone is 2. The average molecular weight is 276 g/mol. The zero-order valence-corrected chi connectivity index (χ0v) is 11.1. The molecular formula is C11H18BrNO2. The monoisotopic (exact) mass is 275 g/mol. The first-order valence-corrected chi connectivity index (χ1v) is 5.66. The van der Waals surface area contributed by atoms with E-state index in [2.05, 4.69) is 22.5 Å². The lowest BCUT2D eigenvalue weighted by molar-refractivity contribution is -0.139. The number of ether oxygens (including phenoxy) is 1. The fourth-order valence-electron chi connectivity index (χ4n) is 0.810.